The molecule has 2 atom stereocenters. The lowest BCUT2D eigenvalue weighted by molar-refractivity contribution is -0.127. The quantitative estimate of drug-likeness (QED) is 0.737. The van der Waals surface area contributed by atoms with Gasteiger partial charge in [0.05, 0.1) is 29.7 Å². The van der Waals surface area contributed by atoms with Crippen molar-refractivity contribution in [2.75, 3.05) is 19.8 Å². The van der Waals surface area contributed by atoms with Crippen molar-refractivity contribution in [3.63, 3.8) is 0 Å². The number of carbonyl (C=O) groups excluding carboxylic acids is 1. The van der Waals surface area contributed by atoms with E-state index in [1.165, 1.54) is 19.2 Å². The van der Waals surface area contributed by atoms with E-state index in [1.807, 2.05) is 6.92 Å². The highest BCUT2D eigenvalue weighted by molar-refractivity contribution is 7.89. The molecule has 0 N–H and O–H groups in total. The third kappa shape index (κ3) is 3.47. The zero-order valence-electron chi connectivity index (χ0n) is 13.9. The van der Waals surface area contributed by atoms with E-state index in [0.717, 1.165) is 14.9 Å². The maximum absolute atomic E-state index is 12.8. The van der Waals surface area contributed by atoms with Crippen LogP contribution in [0.5, 0.6) is 0 Å². The third-order valence-corrected chi connectivity index (χ3v) is 7.29. The number of likely N-dealkylation sites (N-methyl/N-ethyl adjacent to an activating group) is 1. The van der Waals surface area contributed by atoms with Gasteiger partial charge in [0.2, 0.25) is 26.0 Å². The molecule has 1 fully saturated rings. The van der Waals surface area contributed by atoms with Gasteiger partial charge in [-0.15, -0.1) is 0 Å². The molecule has 0 radical (unpaired) electrons. The smallest absolute Gasteiger partial charge is 0.243 e. The first-order valence-electron chi connectivity index (χ1n) is 7.65. The van der Waals surface area contributed by atoms with Crippen LogP contribution in [-0.4, -0.2) is 57.2 Å². The molecule has 1 heterocycles. The summed E-state index contributed by atoms with van der Waals surface area (Å²) < 4.78 is 51.1. The maximum atomic E-state index is 12.8. The molecule has 134 valence electrons. The first-order valence-corrected chi connectivity index (χ1v) is 10.9. The first kappa shape index (κ1) is 18.9. The van der Waals surface area contributed by atoms with Crippen molar-refractivity contribution in [1.29, 1.82) is 0 Å². The van der Waals surface area contributed by atoms with E-state index >= 15 is 0 Å². The predicted molar refractivity (Wildman–Crippen MR) is 90.1 cm³/mol. The first-order chi connectivity index (χ1) is 11.1. The molecule has 1 aliphatic rings. The van der Waals surface area contributed by atoms with Crippen molar-refractivity contribution in [2.45, 2.75) is 30.7 Å². The molecule has 7 nitrogen and oxygen atoms in total. The Hall–Kier alpha value is -1.45. The SMILES string of the molecule is CCC[C@H]1C(=O)N(S(C)(=O)=O)C[C@@H]1N(C)S(=O)(=O)c1ccccc1. The molecule has 1 aliphatic heterocycles. The zero-order valence-corrected chi connectivity index (χ0v) is 15.5. The van der Waals surface area contributed by atoms with Crippen LogP contribution < -0.4 is 0 Å². The van der Waals surface area contributed by atoms with E-state index in [1.54, 1.807) is 18.2 Å². The lowest BCUT2D eigenvalue weighted by Gasteiger charge is -2.27. The van der Waals surface area contributed by atoms with E-state index in [-0.39, 0.29) is 11.4 Å². The number of rotatable bonds is 6. The normalized spacial score (nSPS) is 22.3. The van der Waals surface area contributed by atoms with Crippen molar-refractivity contribution in [3.05, 3.63) is 30.3 Å². The van der Waals surface area contributed by atoms with Gasteiger partial charge in [0.25, 0.3) is 0 Å². The summed E-state index contributed by atoms with van der Waals surface area (Å²) in [6.45, 7) is 1.73. The van der Waals surface area contributed by atoms with E-state index < -0.39 is 37.9 Å². The van der Waals surface area contributed by atoms with Crippen LogP contribution in [-0.2, 0) is 24.8 Å². The Morgan fingerprint density at radius 3 is 2.25 bits per heavy atom. The number of sulfonamides is 2. The summed E-state index contributed by atoms with van der Waals surface area (Å²) in [5.74, 6) is -1.19. The van der Waals surface area contributed by atoms with Crippen LogP contribution in [0.1, 0.15) is 19.8 Å². The predicted octanol–water partition coefficient (Wildman–Crippen LogP) is 0.894. The minimum Gasteiger partial charge on any atom is -0.273 e. The maximum Gasteiger partial charge on any atom is 0.243 e. The molecule has 0 aromatic heterocycles. The van der Waals surface area contributed by atoms with Crippen molar-refractivity contribution in [1.82, 2.24) is 8.61 Å². The number of hydrogen-bond donors (Lipinski definition) is 0. The van der Waals surface area contributed by atoms with Crippen LogP contribution >= 0.6 is 0 Å². The van der Waals surface area contributed by atoms with E-state index in [0.29, 0.717) is 12.8 Å². The van der Waals surface area contributed by atoms with E-state index in [2.05, 4.69) is 0 Å². The van der Waals surface area contributed by atoms with Gasteiger partial charge in [-0.3, -0.25) is 4.79 Å². The fraction of sp³-hybridized carbons (Fsp3) is 0.533. The Balaban J connectivity index is 2.40. The van der Waals surface area contributed by atoms with Gasteiger partial charge < -0.3 is 0 Å². The standard InChI is InChI=1S/C15H22N2O5S2/c1-4-8-13-14(11-17(15(13)18)23(3,19)20)16(2)24(21,22)12-9-6-5-7-10-12/h5-7,9-10,13-14H,4,8,11H2,1-3H3/t13-,14+/m1/s1. The Labute approximate surface area is 143 Å². The van der Waals surface area contributed by atoms with Crippen LogP contribution in [0.3, 0.4) is 0 Å². The fourth-order valence-electron chi connectivity index (χ4n) is 2.97. The summed E-state index contributed by atoms with van der Waals surface area (Å²) in [6, 6.07) is 7.19. The zero-order chi connectivity index (χ0) is 18.1. The van der Waals surface area contributed by atoms with Crippen LogP contribution in [0.15, 0.2) is 35.2 Å². The topological polar surface area (TPSA) is 91.8 Å². The second-order valence-electron chi connectivity index (χ2n) is 5.93. The van der Waals surface area contributed by atoms with Gasteiger partial charge in [0.15, 0.2) is 0 Å². The molecule has 0 unspecified atom stereocenters. The number of nitrogens with zero attached hydrogens (tertiary/aromatic N) is 2. The highest BCUT2D eigenvalue weighted by Crippen LogP contribution is 2.31. The summed E-state index contributed by atoms with van der Waals surface area (Å²) in [5, 5.41) is 0. The number of amides is 1. The van der Waals surface area contributed by atoms with Crippen molar-refractivity contribution in [3.8, 4) is 0 Å². The van der Waals surface area contributed by atoms with Crippen molar-refractivity contribution < 1.29 is 21.6 Å². The van der Waals surface area contributed by atoms with Gasteiger partial charge >= 0.3 is 0 Å². The summed E-state index contributed by atoms with van der Waals surface area (Å²) >= 11 is 0. The molecular formula is C15H22N2O5S2. The van der Waals surface area contributed by atoms with Crippen LogP contribution in [0.2, 0.25) is 0 Å². The molecule has 1 saturated heterocycles. The second kappa shape index (κ2) is 6.81. The van der Waals surface area contributed by atoms with Gasteiger partial charge in [0.1, 0.15) is 0 Å². The lowest BCUT2D eigenvalue weighted by Crippen LogP contribution is -2.42. The highest BCUT2D eigenvalue weighted by atomic mass is 32.2. The average Bonchev–Trinajstić information content (AvgIpc) is 2.85. The van der Waals surface area contributed by atoms with E-state index in [4.69, 9.17) is 0 Å². The van der Waals surface area contributed by atoms with Gasteiger partial charge in [-0.1, -0.05) is 31.5 Å². The minimum atomic E-state index is -3.81. The monoisotopic (exact) mass is 374 g/mol. The number of carbonyl (C=O) groups is 1. The molecule has 0 aliphatic carbocycles. The molecule has 24 heavy (non-hydrogen) atoms. The van der Waals surface area contributed by atoms with Crippen molar-refractivity contribution >= 4 is 26.0 Å². The molecule has 1 amide bonds. The average molecular weight is 374 g/mol. The van der Waals surface area contributed by atoms with Gasteiger partial charge in [-0.05, 0) is 18.6 Å². The Kier molecular flexibility index (Phi) is 5.36. The third-order valence-electron chi connectivity index (χ3n) is 4.27. The fourth-order valence-corrected chi connectivity index (χ4v) is 5.26. The molecule has 0 saturated carbocycles. The van der Waals surface area contributed by atoms with Crippen LogP contribution in [0.25, 0.3) is 0 Å². The van der Waals surface area contributed by atoms with Gasteiger partial charge in [0, 0.05) is 7.05 Å². The number of hydrogen-bond acceptors (Lipinski definition) is 5. The summed E-state index contributed by atoms with van der Waals surface area (Å²) in [5.41, 5.74) is 0. The molecule has 2 rings (SSSR count). The largest absolute Gasteiger partial charge is 0.273 e. The molecular weight excluding hydrogens is 352 g/mol. The van der Waals surface area contributed by atoms with Gasteiger partial charge in [-0.2, -0.15) is 4.31 Å². The summed E-state index contributed by atoms with van der Waals surface area (Å²) in [6.07, 6.45) is 2.05. The second-order valence-corrected chi connectivity index (χ2v) is 9.83. The Morgan fingerprint density at radius 1 is 1.17 bits per heavy atom. The molecule has 1 aromatic carbocycles. The Morgan fingerprint density at radius 2 is 1.75 bits per heavy atom. The molecule has 1 aromatic rings. The van der Waals surface area contributed by atoms with Crippen LogP contribution in [0, 0.1) is 5.92 Å². The van der Waals surface area contributed by atoms with Gasteiger partial charge in [-0.25, -0.2) is 21.1 Å². The molecule has 0 bridgehead atoms. The number of benzene rings is 1. The Bertz CT molecular complexity index is 806. The summed E-state index contributed by atoms with van der Waals surface area (Å²) in [4.78, 5) is 12.6. The van der Waals surface area contributed by atoms with E-state index in [9.17, 15) is 21.6 Å². The highest BCUT2D eigenvalue weighted by Gasteiger charge is 2.48. The summed E-state index contributed by atoms with van der Waals surface area (Å²) in [7, 11) is -6.13. The minimum absolute atomic E-state index is 0.119. The van der Waals surface area contributed by atoms with Crippen LogP contribution in [0.4, 0.5) is 0 Å². The van der Waals surface area contributed by atoms with Crippen molar-refractivity contribution in [2.24, 2.45) is 5.92 Å². The molecule has 9 heteroatoms. The molecule has 0 spiro atoms. The lowest BCUT2D eigenvalue weighted by atomic mass is 9.98.